The molecule has 0 spiro atoms. The molecule has 4 rings (SSSR count). The molecule has 0 radical (unpaired) electrons. The number of benzene rings is 2. The van der Waals surface area contributed by atoms with Gasteiger partial charge in [0.2, 0.25) is 5.79 Å². The molecule has 0 saturated carbocycles. The lowest BCUT2D eigenvalue weighted by Gasteiger charge is -2.46. The Hall–Kier alpha value is -2.24. The van der Waals surface area contributed by atoms with Crippen molar-refractivity contribution in [2.24, 2.45) is 5.16 Å². The van der Waals surface area contributed by atoms with Gasteiger partial charge < -0.3 is 39.5 Å². The molecule has 2 aromatic rings. The molecular weight excluding hydrogens is 466 g/mol. The number of rotatable bonds is 9. The van der Waals surface area contributed by atoms with Gasteiger partial charge in [0.25, 0.3) is 0 Å². The standard InChI is InChI=1S/C24H28ClNO8/c1-31-26-9-2-10-32-18-6-3-15(4-7-18)11-16-12-17(5-8-19(16)25)24-22(30)20(28)21(29)23(13-27,34-24)14-33-24/h3-9,12,20-22,27-30H,2,10-11,13-14H2,1H3/b26-9+/t20-,21+,22+,23-,24+/m0/s1. The highest BCUT2D eigenvalue weighted by Crippen LogP contribution is 2.49. The zero-order valence-corrected chi connectivity index (χ0v) is 19.4. The molecule has 0 aromatic heterocycles. The van der Waals surface area contributed by atoms with Crippen LogP contribution in [0.2, 0.25) is 5.02 Å². The first-order chi connectivity index (χ1) is 16.3. The monoisotopic (exact) mass is 493 g/mol. The highest BCUT2D eigenvalue weighted by atomic mass is 35.5. The summed E-state index contributed by atoms with van der Waals surface area (Å²) in [5.74, 6) is -1.01. The minimum Gasteiger partial charge on any atom is -0.493 e. The number of nitrogens with zero attached hydrogens (tertiary/aromatic N) is 1. The summed E-state index contributed by atoms with van der Waals surface area (Å²) in [6.45, 7) is -0.288. The van der Waals surface area contributed by atoms with Crippen molar-refractivity contribution in [3.63, 3.8) is 0 Å². The van der Waals surface area contributed by atoms with Crippen LogP contribution in [0.5, 0.6) is 5.75 Å². The van der Waals surface area contributed by atoms with E-state index >= 15 is 0 Å². The van der Waals surface area contributed by atoms with Crippen molar-refractivity contribution < 1.29 is 39.5 Å². The molecule has 34 heavy (non-hydrogen) atoms. The van der Waals surface area contributed by atoms with Gasteiger partial charge in [-0.15, -0.1) is 0 Å². The van der Waals surface area contributed by atoms with Crippen LogP contribution in [0.15, 0.2) is 47.6 Å². The van der Waals surface area contributed by atoms with Crippen molar-refractivity contribution in [3.8, 4) is 5.75 Å². The van der Waals surface area contributed by atoms with E-state index in [0.29, 0.717) is 30.0 Å². The van der Waals surface area contributed by atoms with Gasteiger partial charge >= 0.3 is 0 Å². The average Bonchev–Trinajstić information content (AvgIpc) is 3.24. The maximum atomic E-state index is 10.7. The second kappa shape index (κ2) is 10.2. The molecule has 2 bridgehead atoms. The first-order valence-corrected chi connectivity index (χ1v) is 11.3. The largest absolute Gasteiger partial charge is 0.493 e. The van der Waals surface area contributed by atoms with Gasteiger partial charge in [0, 0.05) is 23.2 Å². The Kier molecular flexibility index (Phi) is 7.44. The zero-order chi connectivity index (χ0) is 24.3. The van der Waals surface area contributed by atoms with Crippen LogP contribution in [0.4, 0.5) is 0 Å². The fraction of sp³-hybridized carbons (Fsp3) is 0.458. The Morgan fingerprint density at radius 3 is 2.62 bits per heavy atom. The molecule has 10 heteroatoms. The van der Waals surface area contributed by atoms with Crippen LogP contribution in [-0.2, 0) is 26.5 Å². The first-order valence-electron chi connectivity index (χ1n) is 10.9. The molecular formula is C24H28ClNO8. The summed E-state index contributed by atoms with van der Waals surface area (Å²) >= 11 is 6.45. The van der Waals surface area contributed by atoms with Gasteiger partial charge in [-0.3, -0.25) is 0 Å². The van der Waals surface area contributed by atoms with E-state index in [2.05, 4.69) is 9.99 Å². The lowest BCUT2D eigenvalue weighted by Crippen LogP contribution is -2.65. The van der Waals surface area contributed by atoms with Crippen LogP contribution in [0, 0.1) is 0 Å². The number of fused-ring (bicyclic) bond motifs is 2. The van der Waals surface area contributed by atoms with Gasteiger partial charge in [-0.25, -0.2) is 0 Å². The zero-order valence-electron chi connectivity index (χ0n) is 18.6. The topological polar surface area (TPSA) is 130 Å². The van der Waals surface area contributed by atoms with Crippen molar-refractivity contribution in [3.05, 3.63) is 64.2 Å². The van der Waals surface area contributed by atoms with Gasteiger partial charge in [-0.05, 0) is 41.8 Å². The number of hydrogen-bond acceptors (Lipinski definition) is 9. The van der Waals surface area contributed by atoms with E-state index < -0.39 is 36.3 Å². The van der Waals surface area contributed by atoms with Crippen LogP contribution in [0.1, 0.15) is 23.1 Å². The molecule has 184 valence electrons. The molecule has 0 unspecified atom stereocenters. The third-order valence-electron chi connectivity index (χ3n) is 6.19. The molecule has 2 heterocycles. The number of hydrogen-bond donors (Lipinski definition) is 4. The Bertz CT molecular complexity index is 1020. The molecule has 2 aliphatic rings. The Morgan fingerprint density at radius 1 is 1.15 bits per heavy atom. The summed E-state index contributed by atoms with van der Waals surface area (Å²) in [5.41, 5.74) is 0.629. The SMILES string of the molecule is CO/N=C/CCOc1ccc(Cc2cc([C@@]34OC[C@](CO)(O3)[C@H](O)[C@H](O)[C@H]4O)ccc2Cl)cc1. The Balaban J connectivity index is 1.51. The fourth-order valence-electron chi connectivity index (χ4n) is 4.28. The summed E-state index contributed by atoms with van der Waals surface area (Å²) in [6, 6.07) is 12.6. The van der Waals surface area contributed by atoms with Crippen molar-refractivity contribution in [1.82, 2.24) is 0 Å². The van der Waals surface area contributed by atoms with Crippen LogP contribution in [-0.4, -0.2) is 77.5 Å². The lowest BCUT2D eigenvalue weighted by atomic mass is 9.83. The van der Waals surface area contributed by atoms with Gasteiger partial charge in [-0.2, -0.15) is 0 Å². The maximum absolute atomic E-state index is 10.7. The van der Waals surface area contributed by atoms with Crippen molar-refractivity contribution in [2.45, 2.75) is 42.5 Å². The lowest BCUT2D eigenvalue weighted by molar-refractivity contribution is -0.329. The normalized spacial score (nSPS) is 30.6. The third-order valence-corrected chi connectivity index (χ3v) is 6.56. The minimum absolute atomic E-state index is 0.185. The molecule has 4 N–H and O–H groups in total. The van der Waals surface area contributed by atoms with Crippen molar-refractivity contribution >= 4 is 17.8 Å². The number of oxime groups is 1. The van der Waals surface area contributed by atoms with E-state index in [9.17, 15) is 20.4 Å². The first kappa shape index (κ1) is 24.9. The molecule has 9 nitrogen and oxygen atoms in total. The second-order valence-electron chi connectivity index (χ2n) is 8.40. The summed E-state index contributed by atoms with van der Waals surface area (Å²) in [5, 5.41) is 45.5. The summed E-state index contributed by atoms with van der Waals surface area (Å²) < 4.78 is 17.4. The predicted molar refractivity (Wildman–Crippen MR) is 123 cm³/mol. The maximum Gasteiger partial charge on any atom is 0.225 e. The highest BCUT2D eigenvalue weighted by molar-refractivity contribution is 6.31. The average molecular weight is 494 g/mol. The number of aliphatic hydroxyl groups is 4. The number of aliphatic hydroxyl groups excluding tert-OH is 4. The summed E-state index contributed by atoms with van der Waals surface area (Å²) in [6.07, 6.45) is -1.88. The quantitative estimate of drug-likeness (QED) is 0.234. The van der Waals surface area contributed by atoms with Crippen LogP contribution >= 0.6 is 11.6 Å². The predicted octanol–water partition coefficient (Wildman–Crippen LogP) is 1.36. The molecule has 0 amide bonds. The van der Waals surface area contributed by atoms with Gasteiger partial charge in [0.15, 0.2) is 0 Å². The van der Waals surface area contributed by atoms with Crippen LogP contribution in [0.3, 0.4) is 0 Å². The van der Waals surface area contributed by atoms with Crippen LogP contribution in [0.25, 0.3) is 0 Å². The number of halogens is 1. The molecule has 2 fully saturated rings. The molecule has 2 aromatic carbocycles. The molecule has 2 aliphatic heterocycles. The van der Waals surface area contributed by atoms with E-state index in [0.717, 1.165) is 16.9 Å². The van der Waals surface area contributed by atoms with Gasteiger partial charge in [-0.1, -0.05) is 35.0 Å². The van der Waals surface area contributed by atoms with E-state index in [1.165, 1.54) is 7.11 Å². The van der Waals surface area contributed by atoms with E-state index in [4.69, 9.17) is 25.8 Å². The van der Waals surface area contributed by atoms with E-state index in [-0.39, 0.29) is 6.61 Å². The minimum atomic E-state index is -1.73. The van der Waals surface area contributed by atoms with E-state index in [1.807, 2.05) is 24.3 Å². The second-order valence-corrected chi connectivity index (χ2v) is 8.80. The van der Waals surface area contributed by atoms with Crippen molar-refractivity contribution in [2.75, 3.05) is 26.9 Å². The summed E-state index contributed by atoms with van der Waals surface area (Å²) in [4.78, 5) is 4.60. The summed E-state index contributed by atoms with van der Waals surface area (Å²) in [7, 11) is 1.48. The van der Waals surface area contributed by atoms with Gasteiger partial charge in [0.05, 0.1) is 19.8 Å². The Labute approximate surface area is 202 Å². The molecule has 5 atom stereocenters. The Morgan fingerprint density at radius 2 is 1.91 bits per heavy atom. The fourth-order valence-corrected chi connectivity index (χ4v) is 4.47. The number of ether oxygens (including phenoxy) is 3. The van der Waals surface area contributed by atoms with Crippen LogP contribution < -0.4 is 4.74 Å². The third kappa shape index (κ3) is 4.52. The van der Waals surface area contributed by atoms with Gasteiger partial charge in [0.1, 0.15) is 36.8 Å². The molecule has 0 aliphatic carbocycles. The smallest absolute Gasteiger partial charge is 0.225 e. The van der Waals surface area contributed by atoms with E-state index in [1.54, 1.807) is 24.4 Å². The van der Waals surface area contributed by atoms with Crippen molar-refractivity contribution in [1.29, 1.82) is 0 Å². The molecule has 2 saturated heterocycles. The highest BCUT2D eigenvalue weighted by Gasteiger charge is 2.67.